The van der Waals surface area contributed by atoms with Gasteiger partial charge in [0.25, 0.3) is 0 Å². The molecule has 1 amide bonds. The van der Waals surface area contributed by atoms with Crippen LogP contribution in [0, 0.1) is 17.6 Å². The first-order valence-corrected chi connectivity index (χ1v) is 7.87. The molecule has 1 aliphatic carbocycles. The van der Waals surface area contributed by atoms with Crippen LogP contribution in [0.2, 0.25) is 0 Å². The predicted molar refractivity (Wildman–Crippen MR) is 86.5 cm³/mol. The van der Waals surface area contributed by atoms with Crippen molar-refractivity contribution in [3.63, 3.8) is 0 Å². The zero-order valence-corrected chi connectivity index (χ0v) is 12.8. The van der Waals surface area contributed by atoms with Crippen LogP contribution < -0.4 is 5.32 Å². The van der Waals surface area contributed by atoms with Crippen LogP contribution in [0.1, 0.15) is 19.3 Å². The molecule has 0 bridgehead atoms. The number of amides is 1. The van der Waals surface area contributed by atoms with Gasteiger partial charge in [0.2, 0.25) is 5.91 Å². The average Bonchev–Trinajstić information content (AvgIpc) is 2.87. The van der Waals surface area contributed by atoms with Gasteiger partial charge in [-0.05, 0) is 43.2 Å². The summed E-state index contributed by atoms with van der Waals surface area (Å²) in [5.41, 5.74) is 1.47. The summed E-state index contributed by atoms with van der Waals surface area (Å²) in [6.45, 7) is 0. The summed E-state index contributed by atoms with van der Waals surface area (Å²) in [4.78, 5) is 16.8. The molecule has 24 heavy (non-hydrogen) atoms. The van der Waals surface area contributed by atoms with E-state index in [9.17, 15) is 13.6 Å². The zero-order chi connectivity index (χ0) is 16.7. The third-order valence-electron chi connectivity index (χ3n) is 4.44. The second-order valence-electron chi connectivity index (χ2n) is 5.98. The smallest absolute Gasteiger partial charge is 0.228 e. The van der Waals surface area contributed by atoms with Crippen molar-refractivity contribution in [3.05, 3.63) is 54.2 Å². The van der Waals surface area contributed by atoms with Gasteiger partial charge >= 0.3 is 0 Å². The van der Waals surface area contributed by atoms with Crippen molar-refractivity contribution in [1.82, 2.24) is 9.38 Å². The van der Waals surface area contributed by atoms with Crippen molar-refractivity contribution in [3.8, 4) is 11.3 Å². The van der Waals surface area contributed by atoms with E-state index in [4.69, 9.17) is 0 Å². The number of pyridine rings is 1. The number of nitrogens with one attached hydrogen (secondary N) is 1. The van der Waals surface area contributed by atoms with Crippen molar-refractivity contribution >= 4 is 17.4 Å². The van der Waals surface area contributed by atoms with Crippen LogP contribution in [0.15, 0.2) is 42.6 Å². The highest BCUT2D eigenvalue weighted by atomic mass is 19.2. The summed E-state index contributed by atoms with van der Waals surface area (Å²) < 4.78 is 28.6. The van der Waals surface area contributed by atoms with Gasteiger partial charge in [0.05, 0.1) is 0 Å². The molecule has 1 fully saturated rings. The van der Waals surface area contributed by atoms with Crippen LogP contribution in [0.3, 0.4) is 0 Å². The molecule has 3 aromatic rings. The Balaban J connectivity index is 1.82. The summed E-state index contributed by atoms with van der Waals surface area (Å²) in [5.74, 6) is -1.43. The number of rotatable bonds is 3. The number of carbonyl (C=O) groups is 1. The largest absolute Gasteiger partial charge is 0.310 e. The molecular weight excluding hydrogens is 312 g/mol. The average molecular weight is 327 g/mol. The minimum Gasteiger partial charge on any atom is -0.310 e. The van der Waals surface area contributed by atoms with Crippen LogP contribution >= 0.6 is 0 Å². The first kappa shape index (κ1) is 14.8. The fourth-order valence-electron chi connectivity index (χ4n) is 2.85. The number of anilines is 1. The molecule has 0 unspecified atom stereocenters. The minimum absolute atomic E-state index is 0.0112. The van der Waals surface area contributed by atoms with Crippen LogP contribution in [-0.2, 0) is 4.79 Å². The van der Waals surface area contributed by atoms with E-state index >= 15 is 0 Å². The fourth-order valence-corrected chi connectivity index (χ4v) is 2.85. The number of hydrogen-bond donors (Lipinski definition) is 1. The molecule has 2 aromatic heterocycles. The maximum Gasteiger partial charge on any atom is 0.228 e. The maximum absolute atomic E-state index is 13.6. The molecule has 2 heterocycles. The van der Waals surface area contributed by atoms with Gasteiger partial charge in [-0.25, -0.2) is 13.8 Å². The second-order valence-corrected chi connectivity index (χ2v) is 5.98. The van der Waals surface area contributed by atoms with E-state index < -0.39 is 11.6 Å². The zero-order valence-electron chi connectivity index (χ0n) is 12.8. The molecule has 0 saturated heterocycles. The number of benzene rings is 1. The first-order chi connectivity index (χ1) is 11.6. The number of imidazole rings is 1. The summed E-state index contributed by atoms with van der Waals surface area (Å²) in [6.07, 6.45) is 4.59. The minimum atomic E-state index is -0.944. The lowest BCUT2D eigenvalue weighted by atomic mass is 9.85. The van der Waals surface area contributed by atoms with Crippen molar-refractivity contribution in [2.24, 2.45) is 5.92 Å². The SMILES string of the molecule is O=C(Nc1c(-c2ccc(F)c(F)c2)nc2ccccn12)C1CCC1. The Morgan fingerprint density at radius 1 is 1.17 bits per heavy atom. The summed E-state index contributed by atoms with van der Waals surface area (Å²) in [5, 5.41) is 2.91. The van der Waals surface area contributed by atoms with Gasteiger partial charge in [-0.3, -0.25) is 9.20 Å². The van der Waals surface area contributed by atoms with Gasteiger partial charge in [0.1, 0.15) is 17.2 Å². The summed E-state index contributed by atoms with van der Waals surface area (Å²) >= 11 is 0. The Morgan fingerprint density at radius 3 is 2.71 bits per heavy atom. The van der Waals surface area contributed by atoms with Gasteiger partial charge in [0.15, 0.2) is 11.6 Å². The molecule has 0 radical (unpaired) electrons. The van der Waals surface area contributed by atoms with Crippen molar-refractivity contribution in [2.45, 2.75) is 19.3 Å². The number of fused-ring (bicyclic) bond motifs is 1. The van der Waals surface area contributed by atoms with Crippen molar-refractivity contribution in [1.29, 1.82) is 0 Å². The van der Waals surface area contributed by atoms with E-state index in [1.54, 1.807) is 16.7 Å². The summed E-state index contributed by atoms with van der Waals surface area (Å²) in [6, 6.07) is 9.06. The first-order valence-electron chi connectivity index (χ1n) is 7.87. The molecule has 122 valence electrons. The standard InChI is InChI=1S/C18H15F2N3O/c19-13-8-7-12(10-14(13)20)16-17(22-18(24)11-4-3-5-11)23-9-2-1-6-15(23)21-16/h1-2,6-11H,3-5H2,(H,22,24). The number of carbonyl (C=O) groups excluding carboxylic acids is 1. The van der Waals surface area contributed by atoms with E-state index in [1.807, 2.05) is 12.1 Å². The van der Waals surface area contributed by atoms with Crippen molar-refractivity contribution in [2.75, 3.05) is 5.32 Å². The highest BCUT2D eigenvalue weighted by Gasteiger charge is 2.27. The topological polar surface area (TPSA) is 46.4 Å². The summed E-state index contributed by atoms with van der Waals surface area (Å²) in [7, 11) is 0. The molecule has 1 N–H and O–H groups in total. The maximum atomic E-state index is 13.6. The lowest BCUT2D eigenvalue weighted by Crippen LogP contribution is -2.28. The molecule has 1 aromatic carbocycles. The Hall–Kier alpha value is -2.76. The molecule has 0 aliphatic heterocycles. The monoisotopic (exact) mass is 327 g/mol. The van der Waals surface area contributed by atoms with Crippen molar-refractivity contribution < 1.29 is 13.6 Å². The van der Waals surface area contributed by atoms with E-state index in [0.29, 0.717) is 22.7 Å². The lowest BCUT2D eigenvalue weighted by Gasteiger charge is -2.24. The third-order valence-corrected chi connectivity index (χ3v) is 4.44. The van der Waals surface area contributed by atoms with Gasteiger partial charge in [-0.15, -0.1) is 0 Å². The van der Waals surface area contributed by atoms with Crippen LogP contribution in [0.4, 0.5) is 14.6 Å². The Kier molecular flexibility index (Phi) is 3.52. The third kappa shape index (κ3) is 2.44. The number of nitrogens with zero attached hydrogens (tertiary/aromatic N) is 2. The van der Waals surface area contributed by atoms with E-state index in [-0.39, 0.29) is 11.8 Å². The molecule has 1 saturated carbocycles. The predicted octanol–water partition coefficient (Wildman–Crippen LogP) is 4.02. The molecule has 1 aliphatic rings. The Labute approximate surface area is 137 Å². The molecule has 4 nitrogen and oxygen atoms in total. The van der Waals surface area contributed by atoms with Crippen LogP contribution in [-0.4, -0.2) is 15.3 Å². The van der Waals surface area contributed by atoms with E-state index in [1.165, 1.54) is 6.07 Å². The Morgan fingerprint density at radius 2 is 2.00 bits per heavy atom. The quantitative estimate of drug-likeness (QED) is 0.790. The highest BCUT2D eigenvalue weighted by molar-refractivity contribution is 5.96. The molecular formula is C18H15F2N3O. The van der Waals surface area contributed by atoms with Gasteiger partial charge in [-0.2, -0.15) is 0 Å². The van der Waals surface area contributed by atoms with Gasteiger partial charge < -0.3 is 5.32 Å². The number of hydrogen-bond acceptors (Lipinski definition) is 2. The van der Waals surface area contributed by atoms with Gasteiger partial charge in [0, 0.05) is 17.7 Å². The van der Waals surface area contributed by atoms with Gasteiger partial charge in [-0.1, -0.05) is 12.5 Å². The van der Waals surface area contributed by atoms with E-state index in [2.05, 4.69) is 10.3 Å². The lowest BCUT2D eigenvalue weighted by molar-refractivity contribution is -0.122. The van der Waals surface area contributed by atoms with Crippen LogP contribution in [0.5, 0.6) is 0 Å². The molecule has 0 spiro atoms. The highest BCUT2D eigenvalue weighted by Crippen LogP contribution is 2.32. The second kappa shape index (κ2) is 5.70. The fraction of sp³-hybridized carbons (Fsp3) is 0.222. The molecule has 6 heteroatoms. The normalized spacial score (nSPS) is 14.6. The van der Waals surface area contributed by atoms with Crippen LogP contribution in [0.25, 0.3) is 16.9 Å². The number of halogens is 2. The Bertz CT molecular complexity index is 931. The molecule has 4 rings (SSSR count). The van der Waals surface area contributed by atoms with E-state index in [0.717, 1.165) is 31.4 Å². The number of aromatic nitrogens is 2. The molecule has 0 atom stereocenters.